The molecule has 22 heavy (non-hydrogen) atoms. The van der Waals surface area contributed by atoms with Crippen molar-refractivity contribution in [1.29, 1.82) is 5.26 Å². The first kappa shape index (κ1) is 17.8. The van der Waals surface area contributed by atoms with Crippen molar-refractivity contribution in [2.45, 2.75) is 96.9 Å². The average Bonchev–Trinajstić information content (AvgIpc) is 2.57. The molecule has 1 aliphatic carbocycles. The summed E-state index contributed by atoms with van der Waals surface area (Å²) in [5.41, 5.74) is 0.0200. The lowest BCUT2D eigenvalue weighted by atomic mass is 9.70. The summed E-state index contributed by atoms with van der Waals surface area (Å²) in [4.78, 5) is 2.75. The molecule has 1 saturated carbocycles. The lowest BCUT2D eigenvalue weighted by Crippen LogP contribution is -2.44. The Morgan fingerprint density at radius 3 is 2.23 bits per heavy atom. The number of nitriles is 1. The Labute approximate surface area is 138 Å². The smallest absolute Gasteiger partial charge is 0.0689 e. The minimum atomic E-state index is 0.0200. The van der Waals surface area contributed by atoms with E-state index in [1.165, 1.54) is 70.9 Å². The van der Waals surface area contributed by atoms with Crippen molar-refractivity contribution in [3.63, 3.8) is 0 Å². The molecule has 1 aliphatic heterocycles. The van der Waals surface area contributed by atoms with E-state index in [1.807, 2.05) is 0 Å². The number of unbranched alkanes of at least 4 members (excludes halogenated alkanes) is 2. The Morgan fingerprint density at radius 2 is 1.68 bits per heavy atom. The van der Waals surface area contributed by atoms with E-state index in [2.05, 4.69) is 24.8 Å². The van der Waals surface area contributed by atoms with Gasteiger partial charge >= 0.3 is 0 Å². The number of hydrogen-bond acceptors (Lipinski definition) is 2. The molecule has 2 rings (SSSR count). The van der Waals surface area contributed by atoms with E-state index in [4.69, 9.17) is 0 Å². The van der Waals surface area contributed by atoms with Crippen LogP contribution in [-0.4, -0.2) is 24.0 Å². The molecule has 0 bridgehead atoms. The van der Waals surface area contributed by atoms with Crippen LogP contribution < -0.4 is 0 Å². The molecule has 0 aromatic carbocycles. The summed E-state index contributed by atoms with van der Waals surface area (Å²) >= 11 is 0. The van der Waals surface area contributed by atoms with Gasteiger partial charge in [-0.2, -0.15) is 5.26 Å². The van der Waals surface area contributed by atoms with Gasteiger partial charge in [0.25, 0.3) is 0 Å². The van der Waals surface area contributed by atoms with Crippen LogP contribution in [0.25, 0.3) is 0 Å². The Bertz CT molecular complexity index is 341. The van der Waals surface area contributed by atoms with Crippen LogP contribution in [0.15, 0.2) is 0 Å². The molecule has 2 nitrogen and oxygen atoms in total. The van der Waals surface area contributed by atoms with Crippen molar-refractivity contribution in [2.24, 2.45) is 11.3 Å². The SMILES string of the molecule is CCCCCC1(C#N)CCC(N2CCC(CCC)CC2)CC1. The van der Waals surface area contributed by atoms with Gasteiger partial charge in [-0.3, -0.25) is 0 Å². The molecule has 0 aromatic rings. The quantitative estimate of drug-likeness (QED) is 0.578. The third kappa shape index (κ3) is 4.72. The van der Waals surface area contributed by atoms with Crippen LogP contribution >= 0.6 is 0 Å². The maximum absolute atomic E-state index is 9.67. The topological polar surface area (TPSA) is 27.0 Å². The number of piperidine rings is 1. The zero-order chi connectivity index (χ0) is 15.8. The molecule has 0 atom stereocenters. The summed E-state index contributed by atoms with van der Waals surface area (Å²) in [5, 5.41) is 9.67. The van der Waals surface area contributed by atoms with E-state index in [0.29, 0.717) is 0 Å². The molecule has 0 spiro atoms. The van der Waals surface area contributed by atoms with Crippen LogP contribution in [0.2, 0.25) is 0 Å². The van der Waals surface area contributed by atoms with Crippen LogP contribution in [0, 0.1) is 22.7 Å². The van der Waals surface area contributed by atoms with Crippen molar-refractivity contribution < 1.29 is 0 Å². The number of likely N-dealkylation sites (tertiary alicyclic amines) is 1. The van der Waals surface area contributed by atoms with E-state index in [-0.39, 0.29) is 5.41 Å². The Kier molecular flexibility index (Phi) is 7.22. The van der Waals surface area contributed by atoms with Gasteiger partial charge in [-0.25, -0.2) is 0 Å². The van der Waals surface area contributed by atoms with E-state index in [0.717, 1.165) is 31.2 Å². The Balaban J connectivity index is 1.76. The molecular formula is C20H36N2. The van der Waals surface area contributed by atoms with Crippen LogP contribution in [0.5, 0.6) is 0 Å². The van der Waals surface area contributed by atoms with E-state index < -0.39 is 0 Å². The molecule has 0 amide bonds. The highest BCUT2D eigenvalue weighted by Crippen LogP contribution is 2.42. The first-order valence-corrected chi connectivity index (χ1v) is 9.88. The highest BCUT2D eigenvalue weighted by molar-refractivity contribution is 5.03. The van der Waals surface area contributed by atoms with Gasteiger partial charge in [0, 0.05) is 6.04 Å². The average molecular weight is 305 g/mol. The third-order valence-electron chi connectivity index (χ3n) is 6.27. The van der Waals surface area contributed by atoms with Crippen molar-refractivity contribution in [1.82, 2.24) is 4.90 Å². The highest BCUT2D eigenvalue weighted by Gasteiger charge is 2.37. The van der Waals surface area contributed by atoms with Crippen molar-refractivity contribution >= 4 is 0 Å². The van der Waals surface area contributed by atoms with E-state index in [9.17, 15) is 5.26 Å². The predicted molar refractivity (Wildman–Crippen MR) is 93.6 cm³/mol. The zero-order valence-electron chi connectivity index (χ0n) is 14.9. The normalized spacial score (nSPS) is 31.0. The van der Waals surface area contributed by atoms with Gasteiger partial charge in [0.05, 0.1) is 11.5 Å². The van der Waals surface area contributed by atoms with E-state index >= 15 is 0 Å². The maximum atomic E-state index is 9.67. The molecule has 126 valence electrons. The maximum Gasteiger partial charge on any atom is 0.0689 e. The van der Waals surface area contributed by atoms with Crippen molar-refractivity contribution in [2.75, 3.05) is 13.1 Å². The fourth-order valence-corrected chi connectivity index (χ4v) is 4.67. The monoisotopic (exact) mass is 304 g/mol. The molecule has 1 heterocycles. The largest absolute Gasteiger partial charge is 0.300 e. The number of hydrogen-bond donors (Lipinski definition) is 0. The Hall–Kier alpha value is -0.550. The van der Waals surface area contributed by atoms with Crippen LogP contribution in [0.3, 0.4) is 0 Å². The van der Waals surface area contributed by atoms with Crippen LogP contribution in [0.4, 0.5) is 0 Å². The first-order valence-electron chi connectivity index (χ1n) is 9.88. The van der Waals surface area contributed by atoms with E-state index in [1.54, 1.807) is 0 Å². The molecule has 2 aliphatic rings. The van der Waals surface area contributed by atoms with Crippen LogP contribution in [-0.2, 0) is 0 Å². The molecule has 1 saturated heterocycles. The number of nitrogens with zero attached hydrogens (tertiary/aromatic N) is 2. The first-order chi connectivity index (χ1) is 10.7. The lowest BCUT2D eigenvalue weighted by Gasteiger charge is -2.43. The molecule has 0 unspecified atom stereocenters. The van der Waals surface area contributed by atoms with Gasteiger partial charge in [0.2, 0.25) is 0 Å². The summed E-state index contributed by atoms with van der Waals surface area (Å²) < 4.78 is 0. The summed E-state index contributed by atoms with van der Waals surface area (Å²) in [5.74, 6) is 0.983. The second-order valence-electron chi connectivity index (χ2n) is 7.85. The summed E-state index contributed by atoms with van der Waals surface area (Å²) in [6.07, 6.45) is 15.3. The number of rotatable bonds is 7. The predicted octanol–water partition coefficient (Wildman–Crippen LogP) is 5.53. The third-order valence-corrected chi connectivity index (χ3v) is 6.27. The minimum Gasteiger partial charge on any atom is -0.300 e. The lowest BCUT2D eigenvalue weighted by molar-refractivity contribution is 0.0758. The van der Waals surface area contributed by atoms with Gasteiger partial charge in [-0.15, -0.1) is 0 Å². The molecule has 2 fully saturated rings. The molecule has 0 aromatic heterocycles. The fraction of sp³-hybridized carbons (Fsp3) is 0.950. The van der Waals surface area contributed by atoms with Gasteiger partial charge in [0.1, 0.15) is 0 Å². The summed E-state index contributed by atoms with van der Waals surface area (Å²) in [7, 11) is 0. The summed E-state index contributed by atoms with van der Waals surface area (Å²) in [6.45, 7) is 7.18. The fourth-order valence-electron chi connectivity index (χ4n) is 4.67. The van der Waals surface area contributed by atoms with Gasteiger partial charge in [0.15, 0.2) is 0 Å². The van der Waals surface area contributed by atoms with Crippen LogP contribution in [0.1, 0.15) is 90.9 Å². The molecular weight excluding hydrogens is 268 g/mol. The second kappa shape index (κ2) is 8.92. The second-order valence-corrected chi connectivity index (χ2v) is 7.85. The highest BCUT2D eigenvalue weighted by atomic mass is 15.2. The van der Waals surface area contributed by atoms with Gasteiger partial charge in [-0.05, 0) is 64.0 Å². The van der Waals surface area contributed by atoms with Crippen molar-refractivity contribution in [3.8, 4) is 6.07 Å². The minimum absolute atomic E-state index is 0.0200. The molecule has 0 N–H and O–H groups in total. The van der Waals surface area contributed by atoms with Gasteiger partial charge in [-0.1, -0.05) is 46.0 Å². The summed E-state index contributed by atoms with van der Waals surface area (Å²) in [6, 6.07) is 3.48. The van der Waals surface area contributed by atoms with Gasteiger partial charge < -0.3 is 4.90 Å². The standard InChI is InChI=1S/C20H36N2/c1-3-5-6-12-20(17-21)13-8-19(9-14-20)22-15-10-18(7-4-2)11-16-22/h18-19H,3-16H2,1-2H3. The van der Waals surface area contributed by atoms with Crippen molar-refractivity contribution in [3.05, 3.63) is 0 Å². The zero-order valence-corrected chi connectivity index (χ0v) is 14.9. The molecule has 2 heteroatoms. The molecule has 0 radical (unpaired) electrons. The Morgan fingerprint density at radius 1 is 1.00 bits per heavy atom.